The van der Waals surface area contributed by atoms with Crippen molar-refractivity contribution in [3.05, 3.63) is 47.5 Å². The molecule has 1 aliphatic carbocycles. The van der Waals surface area contributed by atoms with Gasteiger partial charge < -0.3 is 10.6 Å². The molecule has 5 rings (SSSR count). The molecule has 0 aromatic carbocycles. The van der Waals surface area contributed by atoms with Crippen LogP contribution < -0.4 is 10.6 Å². The molecule has 29 heavy (non-hydrogen) atoms. The van der Waals surface area contributed by atoms with E-state index in [-0.39, 0.29) is 0 Å². The van der Waals surface area contributed by atoms with Crippen molar-refractivity contribution < 1.29 is 0 Å². The van der Waals surface area contributed by atoms with Crippen molar-refractivity contribution in [2.75, 3.05) is 5.32 Å². The van der Waals surface area contributed by atoms with Gasteiger partial charge in [-0.3, -0.25) is 9.50 Å². The summed E-state index contributed by atoms with van der Waals surface area (Å²) < 4.78 is 2.06. The molecule has 8 heteroatoms. The van der Waals surface area contributed by atoms with Gasteiger partial charge in [0.25, 0.3) is 0 Å². The largest absolute Gasteiger partial charge is 0.329 e. The number of rotatable bonds is 6. The fraction of sp³-hybridized carbons (Fsp3) is 0.381. The summed E-state index contributed by atoms with van der Waals surface area (Å²) >= 11 is 1.71. The van der Waals surface area contributed by atoms with E-state index >= 15 is 0 Å². The summed E-state index contributed by atoms with van der Waals surface area (Å²) in [6.45, 7) is 2.92. The number of aromatic nitrogens is 5. The van der Waals surface area contributed by atoms with E-state index in [9.17, 15) is 0 Å². The molecule has 1 fully saturated rings. The topological polar surface area (TPSA) is 82.9 Å². The van der Waals surface area contributed by atoms with Crippen molar-refractivity contribution in [3.63, 3.8) is 0 Å². The first kappa shape index (κ1) is 18.3. The molecule has 150 valence electrons. The molecule has 4 aromatic heterocycles. The van der Waals surface area contributed by atoms with Crippen LogP contribution in [0.2, 0.25) is 0 Å². The lowest BCUT2D eigenvalue weighted by atomic mass is 9.95. The van der Waals surface area contributed by atoms with Gasteiger partial charge in [-0.25, -0.2) is 9.97 Å². The van der Waals surface area contributed by atoms with Gasteiger partial charge in [0.1, 0.15) is 0 Å². The molecule has 1 saturated carbocycles. The zero-order chi connectivity index (χ0) is 19.6. The number of aryl methyl sites for hydroxylation is 1. The van der Waals surface area contributed by atoms with E-state index in [1.807, 2.05) is 25.5 Å². The predicted molar refractivity (Wildman–Crippen MR) is 117 cm³/mol. The molecule has 0 aliphatic heterocycles. The molecule has 3 N–H and O–H groups in total. The maximum Gasteiger partial charge on any atom is 0.180 e. The molecule has 4 heterocycles. The number of hydrogen-bond acceptors (Lipinski definition) is 6. The standard InChI is InChI=1S/C21H25N7S/c1-14-12-28-18(16-9-24-25-10-16)11-23-21(28)20(26-14)27-19-7-15(13-29-19)8-22-17-5-3-2-4-6-17/h7,9-13,17,22H,2-6,8H2,1H3,(H,24,25)(H,26,27). The normalized spacial score (nSPS) is 15.2. The lowest BCUT2D eigenvalue weighted by Gasteiger charge is -2.22. The summed E-state index contributed by atoms with van der Waals surface area (Å²) in [5.41, 5.74) is 5.04. The maximum absolute atomic E-state index is 4.69. The fourth-order valence-electron chi connectivity index (χ4n) is 4.02. The number of imidazole rings is 1. The van der Waals surface area contributed by atoms with Gasteiger partial charge in [0.15, 0.2) is 11.5 Å². The van der Waals surface area contributed by atoms with E-state index in [0.717, 1.165) is 40.0 Å². The summed E-state index contributed by atoms with van der Waals surface area (Å²) in [5.74, 6) is 0.772. The molecule has 0 radical (unpaired) electrons. The number of aromatic amines is 1. The molecule has 1 aliphatic rings. The third-order valence-corrected chi connectivity index (χ3v) is 6.40. The summed E-state index contributed by atoms with van der Waals surface area (Å²) in [6.07, 6.45) is 14.2. The Balaban J connectivity index is 1.35. The molecule has 0 atom stereocenters. The molecule has 0 bridgehead atoms. The Morgan fingerprint density at radius 1 is 1.24 bits per heavy atom. The number of anilines is 2. The van der Waals surface area contributed by atoms with Crippen molar-refractivity contribution in [2.45, 2.75) is 51.6 Å². The van der Waals surface area contributed by atoms with Crippen molar-refractivity contribution in [2.24, 2.45) is 0 Å². The van der Waals surface area contributed by atoms with Crippen molar-refractivity contribution in [1.29, 1.82) is 0 Å². The number of hydrogen-bond donors (Lipinski definition) is 3. The minimum absolute atomic E-state index is 0.671. The first-order valence-electron chi connectivity index (χ1n) is 10.2. The monoisotopic (exact) mass is 407 g/mol. The van der Waals surface area contributed by atoms with Gasteiger partial charge in [-0.15, -0.1) is 11.3 Å². The Kier molecular flexibility index (Phi) is 5.03. The van der Waals surface area contributed by atoms with Crippen LogP contribution in [-0.4, -0.2) is 30.6 Å². The van der Waals surface area contributed by atoms with E-state index in [4.69, 9.17) is 4.98 Å². The van der Waals surface area contributed by atoms with E-state index in [0.29, 0.717) is 6.04 Å². The third-order valence-electron chi connectivity index (χ3n) is 5.50. The highest BCUT2D eigenvalue weighted by Gasteiger charge is 2.15. The zero-order valence-electron chi connectivity index (χ0n) is 16.5. The number of fused-ring (bicyclic) bond motifs is 1. The van der Waals surface area contributed by atoms with Crippen LogP contribution in [0.15, 0.2) is 36.2 Å². The smallest absolute Gasteiger partial charge is 0.180 e. The second-order valence-corrected chi connectivity index (χ2v) is 8.63. The van der Waals surface area contributed by atoms with Gasteiger partial charge in [-0.05, 0) is 36.8 Å². The van der Waals surface area contributed by atoms with E-state index in [2.05, 4.69) is 41.7 Å². The average Bonchev–Trinajstić information content (AvgIpc) is 3.48. The highest BCUT2D eigenvalue weighted by atomic mass is 32.1. The summed E-state index contributed by atoms with van der Waals surface area (Å²) in [7, 11) is 0. The first-order chi connectivity index (χ1) is 14.3. The molecule has 0 saturated heterocycles. The molecule has 0 spiro atoms. The second-order valence-electron chi connectivity index (χ2n) is 7.71. The van der Waals surface area contributed by atoms with E-state index in [1.54, 1.807) is 17.5 Å². The Morgan fingerprint density at radius 2 is 2.14 bits per heavy atom. The molecular formula is C21H25N7S. The minimum atomic E-state index is 0.671. The van der Waals surface area contributed by atoms with Crippen molar-refractivity contribution in [3.8, 4) is 11.3 Å². The molecule has 0 unspecified atom stereocenters. The van der Waals surface area contributed by atoms with Gasteiger partial charge in [0.05, 0.1) is 28.8 Å². The van der Waals surface area contributed by atoms with E-state index in [1.165, 1.54) is 37.7 Å². The maximum atomic E-state index is 4.69. The van der Waals surface area contributed by atoms with Crippen LogP contribution in [0.1, 0.15) is 43.4 Å². The van der Waals surface area contributed by atoms with Crippen LogP contribution in [0.4, 0.5) is 10.8 Å². The Labute approximate surface area is 173 Å². The van der Waals surface area contributed by atoms with Crippen LogP contribution in [-0.2, 0) is 6.54 Å². The van der Waals surface area contributed by atoms with Gasteiger partial charge in [0, 0.05) is 30.5 Å². The van der Waals surface area contributed by atoms with Crippen LogP contribution in [0.5, 0.6) is 0 Å². The number of nitrogens with zero attached hydrogens (tertiary/aromatic N) is 4. The lowest BCUT2D eigenvalue weighted by Crippen LogP contribution is -2.30. The van der Waals surface area contributed by atoms with Crippen molar-refractivity contribution >= 4 is 27.8 Å². The summed E-state index contributed by atoms with van der Waals surface area (Å²) in [4.78, 5) is 9.30. The molecule has 4 aromatic rings. The van der Waals surface area contributed by atoms with Crippen LogP contribution in [0.3, 0.4) is 0 Å². The van der Waals surface area contributed by atoms with Crippen LogP contribution in [0, 0.1) is 6.92 Å². The average molecular weight is 408 g/mol. The lowest BCUT2D eigenvalue weighted by molar-refractivity contribution is 0.372. The Morgan fingerprint density at radius 3 is 2.97 bits per heavy atom. The Hall–Kier alpha value is -2.71. The minimum Gasteiger partial charge on any atom is -0.329 e. The summed E-state index contributed by atoms with van der Waals surface area (Å²) in [5, 5.41) is 17.4. The van der Waals surface area contributed by atoms with E-state index < -0.39 is 0 Å². The van der Waals surface area contributed by atoms with Gasteiger partial charge in [-0.1, -0.05) is 19.3 Å². The van der Waals surface area contributed by atoms with Crippen LogP contribution in [0.25, 0.3) is 16.9 Å². The second kappa shape index (κ2) is 7.96. The summed E-state index contributed by atoms with van der Waals surface area (Å²) in [6, 6.07) is 2.88. The predicted octanol–water partition coefficient (Wildman–Crippen LogP) is 4.66. The zero-order valence-corrected chi connectivity index (χ0v) is 17.3. The quantitative estimate of drug-likeness (QED) is 0.433. The Bertz CT molecular complexity index is 1090. The number of thiophene rings is 1. The first-order valence-corrected chi connectivity index (χ1v) is 11.1. The van der Waals surface area contributed by atoms with Crippen LogP contribution >= 0.6 is 11.3 Å². The fourth-order valence-corrected chi connectivity index (χ4v) is 4.82. The highest BCUT2D eigenvalue weighted by molar-refractivity contribution is 7.14. The number of nitrogens with one attached hydrogen (secondary N) is 3. The molecule has 7 nitrogen and oxygen atoms in total. The van der Waals surface area contributed by atoms with Gasteiger partial charge >= 0.3 is 0 Å². The molecular weight excluding hydrogens is 382 g/mol. The van der Waals surface area contributed by atoms with Gasteiger partial charge in [0.2, 0.25) is 0 Å². The van der Waals surface area contributed by atoms with Crippen molar-refractivity contribution in [1.82, 2.24) is 29.9 Å². The number of H-pyrrole nitrogens is 1. The highest BCUT2D eigenvalue weighted by Crippen LogP contribution is 2.29. The molecule has 0 amide bonds. The third kappa shape index (κ3) is 3.90. The SMILES string of the molecule is Cc1cn2c(-c3cn[nH]c3)cnc2c(Nc2cc(CNC3CCCCC3)cs2)n1. The van der Waals surface area contributed by atoms with Gasteiger partial charge in [-0.2, -0.15) is 5.10 Å².